The van der Waals surface area contributed by atoms with Crippen LogP contribution in [0.15, 0.2) is 60.9 Å². The molecule has 2 atom stereocenters. The summed E-state index contributed by atoms with van der Waals surface area (Å²) < 4.78 is 7.42. The molecule has 1 saturated carbocycles. The Hall–Kier alpha value is -3.23. The first-order valence-corrected chi connectivity index (χ1v) is 13.0. The van der Waals surface area contributed by atoms with Gasteiger partial charge in [-0.25, -0.2) is 0 Å². The molecule has 2 fully saturated rings. The number of thiocarbonyl (C=S) groups is 1. The number of hydrogen-bond donors (Lipinski definition) is 2. The fraction of sp³-hybridized carbons (Fsp3) is 0.393. The Morgan fingerprint density at radius 3 is 2.72 bits per heavy atom. The molecule has 8 heteroatoms. The van der Waals surface area contributed by atoms with Crippen LogP contribution in [0.1, 0.15) is 67.2 Å². The Morgan fingerprint density at radius 2 is 2.00 bits per heavy atom. The van der Waals surface area contributed by atoms with Gasteiger partial charge in [0.2, 0.25) is 5.91 Å². The van der Waals surface area contributed by atoms with Crippen LogP contribution in [0.4, 0.5) is 11.4 Å². The van der Waals surface area contributed by atoms with E-state index in [-0.39, 0.29) is 24.6 Å². The van der Waals surface area contributed by atoms with Gasteiger partial charge in [-0.05, 0) is 80.0 Å². The van der Waals surface area contributed by atoms with Gasteiger partial charge in [0.05, 0.1) is 11.7 Å². The number of aryl methyl sites for hydroxylation is 1. The molecule has 2 aromatic heterocycles. The minimum atomic E-state index is -0.176. The minimum Gasteiger partial charge on any atom is -0.375 e. The summed E-state index contributed by atoms with van der Waals surface area (Å²) in [5.41, 5.74) is 4.91. The van der Waals surface area contributed by atoms with Gasteiger partial charge in [-0.3, -0.25) is 9.78 Å². The van der Waals surface area contributed by atoms with E-state index in [1.807, 2.05) is 37.4 Å². The average Bonchev–Trinajstić information content (AvgIpc) is 3.51. The molecule has 36 heavy (non-hydrogen) atoms. The van der Waals surface area contributed by atoms with Gasteiger partial charge in [0.1, 0.15) is 12.6 Å². The summed E-state index contributed by atoms with van der Waals surface area (Å²) in [4.78, 5) is 19.0. The molecule has 2 N–H and O–H groups in total. The fourth-order valence-electron chi connectivity index (χ4n) is 5.54. The molecule has 3 heterocycles. The molecule has 1 amide bonds. The summed E-state index contributed by atoms with van der Waals surface area (Å²) in [7, 11) is 1.51. The van der Waals surface area contributed by atoms with Crippen molar-refractivity contribution < 1.29 is 9.53 Å². The summed E-state index contributed by atoms with van der Waals surface area (Å²) in [5.74, 6) is -0.176. The van der Waals surface area contributed by atoms with Crippen LogP contribution in [0.3, 0.4) is 0 Å². The monoisotopic (exact) mass is 503 g/mol. The van der Waals surface area contributed by atoms with Crippen LogP contribution in [0.25, 0.3) is 0 Å². The number of carbonyl (C=O) groups excluding carboxylic acids is 1. The molecular formula is C28H33N5O2S. The number of aromatic nitrogens is 2. The standard InChI is InChI=1S/C28H33N5O2S/c1-19-17-21(13-14-22(19)30-25(34)18-35-2)33-27(26(31-28(33)36)23-11-6-7-15-29-23)24-12-8-16-32(24)20-9-4-3-5-10-20/h6-8,11-17,20,26-27H,3-5,9-10,18H2,1-2H3,(H,30,34)(H,31,36)/t26-,27-/m1/s1. The van der Waals surface area contributed by atoms with Gasteiger partial charge in [0.25, 0.3) is 0 Å². The van der Waals surface area contributed by atoms with Crippen molar-refractivity contribution in [3.8, 4) is 0 Å². The highest BCUT2D eigenvalue weighted by molar-refractivity contribution is 7.80. The van der Waals surface area contributed by atoms with E-state index in [1.165, 1.54) is 44.9 Å². The van der Waals surface area contributed by atoms with Gasteiger partial charge in [-0.15, -0.1) is 0 Å². The van der Waals surface area contributed by atoms with Crippen molar-refractivity contribution >= 4 is 34.6 Å². The van der Waals surface area contributed by atoms with Crippen LogP contribution in [0.5, 0.6) is 0 Å². The van der Waals surface area contributed by atoms with E-state index in [1.54, 1.807) is 0 Å². The molecule has 0 spiro atoms. The number of benzene rings is 1. The van der Waals surface area contributed by atoms with Crippen LogP contribution in [0, 0.1) is 6.92 Å². The molecular weight excluding hydrogens is 470 g/mol. The molecule has 2 aliphatic rings. The number of anilines is 2. The van der Waals surface area contributed by atoms with E-state index in [0.717, 1.165) is 22.6 Å². The highest BCUT2D eigenvalue weighted by Crippen LogP contribution is 2.44. The molecule has 188 valence electrons. The molecule has 0 radical (unpaired) electrons. The Labute approximate surface area is 217 Å². The average molecular weight is 504 g/mol. The van der Waals surface area contributed by atoms with E-state index in [4.69, 9.17) is 21.9 Å². The second kappa shape index (κ2) is 10.8. The minimum absolute atomic E-state index is 0.0211. The second-order valence-corrected chi connectivity index (χ2v) is 10.00. The van der Waals surface area contributed by atoms with E-state index < -0.39 is 0 Å². The topological polar surface area (TPSA) is 71.4 Å². The molecule has 0 unspecified atom stereocenters. The Balaban J connectivity index is 1.54. The molecule has 1 aliphatic heterocycles. The van der Waals surface area contributed by atoms with E-state index in [0.29, 0.717) is 11.2 Å². The van der Waals surface area contributed by atoms with E-state index in [9.17, 15) is 4.79 Å². The van der Waals surface area contributed by atoms with Crippen molar-refractivity contribution in [2.45, 2.75) is 57.2 Å². The second-order valence-electron chi connectivity index (χ2n) is 9.61. The van der Waals surface area contributed by atoms with Crippen molar-refractivity contribution in [3.63, 3.8) is 0 Å². The lowest BCUT2D eigenvalue weighted by Gasteiger charge is -2.32. The molecule has 5 rings (SSSR count). The molecule has 7 nitrogen and oxygen atoms in total. The fourth-order valence-corrected chi connectivity index (χ4v) is 5.88. The zero-order valence-corrected chi connectivity index (χ0v) is 21.6. The smallest absolute Gasteiger partial charge is 0.250 e. The van der Waals surface area contributed by atoms with E-state index in [2.05, 4.69) is 50.6 Å². The number of nitrogens with zero attached hydrogens (tertiary/aromatic N) is 3. The predicted molar refractivity (Wildman–Crippen MR) is 146 cm³/mol. The number of amides is 1. The molecule has 3 aromatic rings. The van der Waals surface area contributed by atoms with Gasteiger partial charge in [-0.2, -0.15) is 0 Å². The van der Waals surface area contributed by atoms with Crippen LogP contribution >= 0.6 is 12.2 Å². The SMILES string of the molecule is COCC(=O)Nc1ccc(N2C(=S)N[C@H](c3ccccn3)[C@H]2c2cccn2C2CCCCC2)cc1C. The van der Waals surface area contributed by atoms with Crippen molar-refractivity contribution in [2.75, 3.05) is 23.9 Å². The third-order valence-electron chi connectivity index (χ3n) is 7.22. The lowest BCUT2D eigenvalue weighted by Crippen LogP contribution is -2.31. The molecule has 0 bridgehead atoms. The summed E-state index contributed by atoms with van der Waals surface area (Å²) >= 11 is 5.92. The third-order valence-corrected chi connectivity index (χ3v) is 7.53. The van der Waals surface area contributed by atoms with Gasteiger partial charge >= 0.3 is 0 Å². The van der Waals surface area contributed by atoms with Crippen LogP contribution in [-0.2, 0) is 9.53 Å². The number of pyridine rings is 1. The predicted octanol–water partition coefficient (Wildman–Crippen LogP) is 5.46. The van der Waals surface area contributed by atoms with Crippen molar-refractivity contribution in [3.05, 3.63) is 77.9 Å². The normalized spacial score (nSPS) is 20.4. The third kappa shape index (κ3) is 4.88. The lowest BCUT2D eigenvalue weighted by atomic mass is 9.94. The zero-order valence-electron chi connectivity index (χ0n) is 20.8. The summed E-state index contributed by atoms with van der Waals surface area (Å²) in [6, 6.07) is 16.8. The maximum atomic E-state index is 12.1. The van der Waals surface area contributed by atoms with Crippen LogP contribution in [-0.4, -0.2) is 34.3 Å². The number of carbonyl (C=O) groups is 1. The Bertz CT molecular complexity index is 1220. The summed E-state index contributed by atoms with van der Waals surface area (Å²) in [6.07, 6.45) is 10.3. The van der Waals surface area contributed by atoms with E-state index >= 15 is 0 Å². The Morgan fingerprint density at radius 1 is 1.17 bits per heavy atom. The van der Waals surface area contributed by atoms with Crippen LogP contribution < -0.4 is 15.5 Å². The summed E-state index contributed by atoms with van der Waals surface area (Å²) in [5, 5.41) is 7.16. The number of rotatable bonds is 7. The number of methoxy groups -OCH3 is 1. The van der Waals surface area contributed by atoms with Crippen molar-refractivity contribution in [2.24, 2.45) is 0 Å². The molecule has 1 aromatic carbocycles. The molecule has 1 aliphatic carbocycles. The van der Waals surface area contributed by atoms with Gasteiger partial charge in [0.15, 0.2) is 5.11 Å². The maximum absolute atomic E-state index is 12.1. The van der Waals surface area contributed by atoms with Gasteiger partial charge < -0.3 is 24.8 Å². The van der Waals surface area contributed by atoms with Crippen molar-refractivity contribution in [1.82, 2.24) is 14.9 Å². The summed E-state index contributed by atoms with van der Waals surface area (Å²) in [6.45, 7) is 2.02. The van der Waals surface area contributed by atoms with Gasteiger partial charge in [-0.1, -0.05) is 25.3 Å². The largest absolute Gasteiger partial charge is 0.375 e. The first-order chi connectivity index (χ1) is 17.6. The highest BCUT2D eigenvalue weighted by atomic mass is 32.1. The zero-order chi connectivity index (χ0) is 25.1. The Kier molecular flexibility index (Phi) is 7.34. The van der Waals surface area contributed by atoms with Crippen molar-refractivity contribution in [1.29, 1.82) is 0 Å². The maximum Gasteiger partial charge on any atom is 0.250 e. The number of ether oxygens (including phenoxy) is 1. The lowest BCUT2D eigenvalue weighted by molar-refractivity contribution is -0.119. The highest BCUT2D eigenvalue weighted by Gasteiger charge is 2.42. The van der Waals surface area contributed by atoms with Crippen LogP contribution in [0.2, 0.25) is 0 Å². The molecule has 1 saturated heterocycles. The first-order valence-electron chi connectivity index (χ1n) is 12.6. The number of hydrogen-bond acceptors (Lipinski definition) is 4. The quantitative estimate of drug-likeness (QED) is 0.417. The first kappa shape index (κ1) is 24.5. The number of nitrogens with one attached hydrogen (secondary N) is 2. The van der Waals surface area contributed by atoms with Gasteiger partial charge in [0, 0.05) is 42.6 Å².